The summed E-state index contributed by atoms with van der Waals surface area (Å²) in [5.74, 6) is 1.62. The first-order chi connectivity index (χ1) is 18.3. The van der Waals surface area contributed by atoms with Crippen LogP contribution in [0, 0.1) is 0 Å². The van der Waals surface area contributed by atoms with Gasteiger partial charge in [0.25, 0.3) is 0 Å². The van der Waals surface area contributed by atoms with Crippen molar-refractivity contribution in [3.63, 3.8) is 0 Å². The predicted octanol–water partition coefficient (Wildman–Crippen LogP) is 8.95. The molecule has 0 fully saturated rings. The van der Waals surface area contributed by atoms with Crippen LogP contribution in [0.4, 0.5) is 17.3 Å². The van der Waals surface area contributed by atoms with Gasteiger partial charge >= 0.3 is 0 Å². The van der Waals surface area contributed by atoms with E-state index in [0.717, 1.165) is 39.8 Å². The summed E-state index contributed by atoms with van der Waals surface area (Å²) in [6.07, 6.45) is 0. The standard InChI is InChI=1S/C34H25N3/c1-4-12-26(13-5-1)27-22-24-30(25-23-27)37(33-20-10-18-31(35-33)28-14-6-2-7-15-28)34-21-11-19-32(36-34)29-16-8-3-9-17-29/h1-25H. The van der Waals surface area contributed by atoms with Gasteiger partial charge in [-0.2, -0.15) is 0 Å². The molecule has 0 N–H and O–H groups in total. The topological polar surface area (TPSA) is 29.0 Å². The molecule has 3 heteroatoms. The summed E-state index contributed by atoms with van der Waals surface area (Å²) >= 11 is 0. The van der Waals surface area contributed by atoms with Crippen molar-refractivity contribution in [1.29, 1.82) is 0 Å². The highest BCUT2D eigenvalue weighted by molar-refractivity contribution is 5.77. The Balaban J connectivity index is 1.46. The van der Waals surface area contributed by atoms with Gasteiger partial charge in [0.05, 0.1) is 11.4 Å². The maximum absolute atomic E-state index is 5.07. The van der Waals surface area contributed by atoms with E-state index in [2.05, 4.69) is 89.8 Å². The number of aromatic nitrogens is 2. The second-order valence-electron chi connectivity index (χ2n) is 8.74. The molecule has 4 aromatic carbocycles. The molecule has 0 saturated heterocycles. The van der Waals surface area contributed by atoms with Gasteiger partial charge in [-0.15, -0.1) is 0 Å². The van der Waals surface area contributed by atoms with E-state index < -0.39 is 0 Å². The molecule has 0 aliphatic heterocycles. The first-order valence-corrected chi connectivity index (χ1v) is 12.4. The molecule has 0 aliphatic carbocycles. The third-order valence-electron chi connectivity index (χ3n) is 6.30. The average Bonchev–Trinajstić information content (AvgIpc) is 2.99. The fourth-order valence-electron chi connectivity index (χ4n) is 4.45. The van der Waals surface area contributed by atoms with E-state index in [1.807, 2.05) is 66.7 Å². The number of pyridine rings is 2. The molecular weight excluding hydrogens is 450 g/mol. The molecular formula is C34H25N3. The molecule has 3 nitrogen and oxygen atoms in total. The summed E-state index contributed by atoms with van der Waals surface area (Å²) in [5, 5.41) is 0. The summed E-state index contributed by atoms with van der Waals surface area (Å²) < 4.78 is 0. The minimum absolute atomic E-state index is 0.812. The van der Waals surface area contributed by atoms with E-state index in [-0.39, 0.29) is 0 Å². The molecule has 0 saturated carbocycles. The smallest absolute Gasteiger partial charge is 0.139 e. The van der Waals surface area contributed by atoms with Crippen molar-refractivity contribution in [2.45, 2.75) is 0 Å². The zero-order valence-corrected chi connectivity index (χ0v) is 20.3. The lowest BCUT2D eigenvalue weighted by molar-refractivity contribution is 1.13. The van der Waals surface area contributed by atoms with Gasteiger partial charge in [-0.25, -0.2) is 9.97 Å². The summed E-state index contributed by atoms with van der Waals surface area (Å²) in [7, 11) is 0. The Morgan fingerprint density at radius 1 is 0.324 bits per heavy atom. The Hall–Kier alpha value is -5.02. The fraction of sp³-hybridized carbons (Fsp3) is 0. The van der Waals surface area contributed by atoms with E-state index in [1.165, 1.54) is 11.1 Å². The molecule has 0 spiro atoms. The first-order valence-electron chi connectivity index (χ1n) is 12.4. The van der Waals surface area contributed by atoms with Gasteiger partial charge in [0.15, 0.2) is 0 Å². The Morgan fingerprint density at radius 3 is 1.19 bits per heavy atom. The van der Waals surface area contributed by atoms with E-state index in [0.29, 0.717) is 0 Å². The van der Waals surface area contributed by atoms with E-state index in [4.69, 9.17) is 9.97 Å². The molecule has 2 heterocycles. The zero-order chi connectivity index (χ0) is 24.9. The van der Waals surface area contributed by atoms with Crippen LogP contribution >= 0.6 is 0 Å². The molecule has 37 heavy (non-hydrogen) atoms. The van der Waals surface area contributed by atoms with Crippen molar-refractivity contribution in [2.24, 2.45) is 0 Å². The van der Waals surface area contributed by atoms with Crippen LogP contribution in [0.5, 0.6) is 0 Å². The highest BCUT2D eigenvalue weighted by Crippen LogP contribution is 2.35. The van der Waals surface area contributed by atoms with Crippen LogP contribution in [0.2, 0.25) is 0 Å². The molecule has 6 aromatic rings. The third-order valence-corrected chi connectivity index (χ3v) is 6.30. The van der Waals surface area contributed by atoms with Gasteiger partial charge in [0.2, 0.25) is 0 Å². The van der Waals surface area contributed by atoms with E-state index in [1.54, 1.807) is 0 Å². The Bertz CT molecular complexity index is 1510. The van der Waals surface area contributed by atoms with Crippen LogP contribution in [0.1, 0.15) is 0 Å². The third kappa shape index (κ3) is 4.89. The second-order valence-corrected chi connectivity index (χ2v) is 8.74. The molecule has 0 amide bonds. The lowest BCUT2D eigenvalue weighted by atomic mass is 10.1. The molecule has 6 rings (SSSR count). The van der Waals surface area contributed by atoms with E-state index >= 15 is 0 Å². The van der Waals surface area contributed by atoms with Crippen molar-refractivity contribution >= 4 is 17.3 Å². The molecule has 176 valence electrons. The van der Waals surface area contributed by atoms with Crippen molar-refractivity contribution in [1.82, 2.24) is 9.97 Å². The number of anilines is 3. The Kier molecular flexibility index (Phi) is 6.25. The maximum Gasteiger partial charge on any atom is 0.139 e. The second kappa shape index (κ2) is 10.3. The Labute approximate surface area is 217 Å². The van der Waals surface area contributed by atoms with Crippen LogP contribution in [0.15, 0.2) is 152 Å². The molecule has 0 bridgehead atoms. The summed E-state index contributed by atoms with van der Waals surface area (Å²) in [6.45, 7) is 0. The van der Waals surface area contributed by atoms with E-state index in [9.17, 15) is 0 Å². The van der Waals surface area contributed by atoms with Crippen molar-refractivity contribution in [2.75, 3.05) is 4.90 Å². The summed E-state index contributed by atoms with van der Waals surface area (Å²) in [5.41, 5.74) is 7.35. The summed E-state index contributed by atoms with van der Waals surface area (Å²) in [6, 6.07) is 51.8. The van der Waals surface area contributed by atoms with Crippen LogP contribution < -0.4 is 4.90 Å². The van der Waals surface area contributed by atoms with Crippen LogP contribution in [0.3, 0.4) is 0 Å². The highest BCUT2D eigenvalue weighted by Gasteiger charge is 2.17. The Morgan fingerprint density at radius 2 is 0.730 bits per heavy atom. The quantitative estimate of drug-likeness (QED) is 0.241. The predicted molar refractivity (Wildman–Crippen MR) is 153 cm³/mol. The average molecular weight is 476 g/mol. The van der Waals surface area contributed by atoms with Gasteiger partial charge in [-0.1, -0.05) is 115 Å². The van der Waals surface area contributed by atoms with Crippen LogP contribution in [0.25, 0.3) is 33.6 Å². The normalized spacial score (nSPS) is 10.7. The molecule has 0 atom stereocenters. The van der Waals surface area contributed by atoms with Gasteiger partial charge in [0, 0.05) is 16.8 Å². The lowest BCUT2D eigenvalue weighted by Gasteiger charge is -2.24. The van der Waals surface area contributed by atoms with Crippen LogP contribution in [-0.2, 0) is 0 Å². The minimum atomic E-state index is 0.812. The molecule has 0 unspecified atom stereocenters. The zero-order valence-electron chi connectivity index (χ0n) is 20.3. The van der Waals surface area contributed by atoms with Gasteiger partial charge < -0.3 is 0 Å². The lowest BCUT2D eigenvalue weighted by Crippen LogP contribution is -2.13. The van der Waals surface area contributed by atoms with Crippen LogP contribution in [-0.4, -0.2) is 9.97 Å². The van der Waals surface area contributed by atoms with Gasteiger partial charge in [0.1, 0.15) is 11.6 Å². The number of benzene rings is 4. The highest BCUT2D eigenvalue weighted by atomic mass is 15.2. The first kappa shape index (κ1) is 22.4. The number of nitrogens with zero attached hydrogens (tertiary/aromatic N) is 3. The SMILES string of the molecule is c1ccc(-c2ccc(N(c3cccc(-c4ccccc4)n3)c3cccc(-c4ccccc4)n3)cc2)cc1. The number of rotatable bonds is 6. The minimum Gasteiger partial charge on any atom is -0.279 e. The number of hydrogen-bond acceptors (Lipinski definition) is 3. The number of hydrogen-bond donors (Lipinski definition) is 0. The molecule has 2 aromatic heterocycles. The molecule has 0 aliphatic rings. The molecule has 0 radical (unpaired) electrons. The van der Waals surface area contributed by atoms with Crippen molar-refractivity contribution in [3.8, 4) is 33.6 Å². The fourth-order valence-corrected chi connectivity index (χ4v) is 4.45. The van der Waals surface area contributed by atoms with Crippen molar-refractivity contribution in [3.05, 3.63) is 152 Å². The monoisotopic (exact) mass is 475 g/mol. The maximum atomic E-state index is 5.07. The summed E-state index contributed by atoms with van der Waals surface area (Å²) in [4.78, 5) is 12.2. The largest absolute Gasteiger partial charge is 0.279 e. The van der Waals surface area contributed by atoms with Gasteiger partial charge in [-0.3, -0.25) is 4.90 Å². The van der Waals surface area contributed by atoms with Crippen molar-refractivity contribution < 1.29 is 0 Å². The van der Waals surface area contributed by atoms with Gasteiger partial charge in [-0.05, 0) is 47.5 Å².